The summed E-state index contributed by atoms with van der Waals surface area (Å²) >= 11 is 5.18. The van der Waals surface area contributed by atoms with Gasteiger partial charge >= 0.3 is 5.97 Å². The molecule has 0 aromatic carbocycles. The van der Waals surface area contributed by atoms with Gasteiger partial charge in [0.2, 0.25) is 5.24 Å². The van der Waals surface area contributed by atoms with Crippen LogP contribution in [0.1, 0.15) is 27.2 Å². The minimum absolute atomic E-state index is 0.425. The molecule has 1 amide bonds. The Morgan fingerprint density at radius 1 is 1.35 bits per heavy atom. The van der Waals surface area contributed by atoms with E-state index in [1.54, 1.807) is 20.8 Å². The van der Waals surface area contributed by atoms with E-state index in [9.17, 15) is 18.8 Å². The lowest BCUT2D eigenvalue weighted by molar-refractivity contribution is -0.156. The van der Waals surface area contributed by atoms with Gasteiger partial charge < -0.3 is 10.1 Å². The number of esters is 1. The van der Waals surface area contributed by atoms with Gasteiger partial charge in [0.15, 0.2) is 6.67 Å². The van der Waals surface area contributed by atoms with Crippen LogP contribution in [0, 0.1) is 0 Å². The maximum absolute atomic E-state index is 11.9. The van der Waals surface area contributed by atoms with Crippen molar-refractivity contribution in [3.8, 4) is 0 Å². The number of halogens is 2. The minimum atomic E-state index is -1.28. The Morgan fingerprint density at radius 3 is 2.24 bits per heavy atom. The normalized spacial score (nSPS) is 12.8. The highest BCUT2D eigenvalue weighted by molar-refractivity contribution is 6.65. The fourth-order valence-corrected chi connectivity index (χ4v) is 1.10. The van der Waals surface area contributed by atoms with Gasteiger partial charge in [-0.3, -0.25) is 14.4 Å². The molecule has 98 valence electrons. The number of rotatable bonds is 5. The molecule has 5 nitrogen and oxygen atoms in total. The van der Waals surface area contributed by atoms with Gasteiger partial charge in [0.1, 0.15) is 11.6 Å². The van der Waals surface area contributed by atoms with Crippen LogP contribution in [0.2, 0.25) is 0 Å². The summed E-state index contributed by atoms with van der Waals surface area (Å²) in [6.07, 6.45) is -0.425. The third-order valence-electron chi connectivity index (χ3n) is 1.52. The first-order chi connectivity index (χ1) is 7.65. The monoisotopic (exact) mass is 267 g/mol. The van der Waals surface area contributed by atoms with E-state index in [2.05, 4.69) is 0 Å². The first kappa shape index (κ1) is 15.8. The smallest absolute Gasteiger partial charge is 0.308 e. The Morgan fingerprint density at radius 2 is 1.88 bits per heavy atom. The van der Waals surface area contributed by atoms with Gasteiger partial charge in [0.25, 0.3) is 5.91 Å². The third-order valence-corrected chi connectivity index (χ3v) is 1.78. The SMILES string of the molecule is CC(C)(C)OC(=O)CC(NC(=O)CF)C(=O)Cl. The molecule has 0 rings (SSSR count). The fourth-order valence-electron chi connectivity index (χ4n) is 0.971. The molecule has 1 N–H and O–H groups in total. The van der Waals surface area contributed by atoms with Gasteiger partial charge in [-0.05, 0) is 32.4 Å². The van der Waals surface area contributed by atoms with Crippen molar-refractivity contribution in [2.45, 2.75) is 38.8 Å². The van der Waals surface area contributed by atoms with Gasteiger partial charge in [0.05, 0.1) is 6.42 Å². The second kappa shape index (κ2) is 6.54. The van der Waals surface area contributed by atoms with E-state index in [0.29, 0.717) is 0 Å². The summed E-state index contributed by atoms with van der Waals surface area (Å²) in [5, 5.41) is 1.04. The lowest BCUT2D eigenvalue weighted by Gasteiger charge is -2.21. The lowest BCUT2D eigenvalue weighted by atomic mass is 10.2. The first-order valence-electron chi connectivity index (χ1n) is 4.92. The number of nitrogens with one attached hydrogen (secondary N) is 1. The second-order valence-corrected chi connectivity index (χ2v) is 4.72. The van der Waals surface area contributed by atoms with Gasteiger partial charge in [-0.15, -0.1) is 0 Å². The molecule has 0 radical (unpaired) electrons. The van der Waals surface area contributed by atoms with Crippen LogP contribution >= 0.6 is 11.6 Å². The number of alkyl halides is 1. The van der Waals surface area contributed by atoms with Gasteiger partial charge in [-0.2, -0.15) is 0 Å². The molecule has 0 aliphatic rings. The standard InChI is InChI=1S/C10H15ClFNO4/c1-10(2,3)17-8(15)4-6(9(11)16)13-7(14)5-12/h6H,4-5H2,1-3H3,(H,13,14). The van der Waals surface area contributed by atoms with Gasteiger partial charge in [0, 0.05) is 0 Å². The molecule has 0 spiro atoms. The van der Waals surface area contributed by atoms with Crippen molar-refractivity contribution in [2.75, 3.05) is 6.67 Å². The molecule has 0 aliphatic carbocycles. The molecular weight excluding hydrogens is 253 g/mol. The van der Waals surface area contributed by atoms with Crippen molar-refractivity contribution in [3.05, 3.63) is 0 Å². The maximum Gasteiger partial charge on any atom is 0.308 e. The summed E-state index contributed by atoms with van der Waals surface area (Å²) < 4.78 is 16.9. The topological polar surface area (TPSA) is 72.5 Å². The molecule has 1 unspecified atom stereocenters. The number of hydrogen-bond donors (Lipinski definition) is 1. The summed E-state index contributed by atoms with van der Waals surface area (Å²) in [6.45, 7) is 3.68. The summed E-state index contributed by atoms with van der Waals surface area (Å²) in [5.41, 5.74) is -0.707. The zero-order valence-electron chi connectivity index (χ0n) is 9.88. The molecule has 1 atom stereocenters. The van der Waals surface area contributed by atoms with E-state index in [0.717, 1.165) is 0 Å². The zero-order valence-corrected chi connectivity index (χ0v) is 10.6. The number of hydrogen-bond acceptors (Lipinski definition) is 4. The van der Waals surface area contributed by atoms with E-state index < -0.39 is 41.9 Å². The Kier molecular flexibility index (Phi) is 6.09. The van der Waals surface area contributed by atoms with Crippen molar-refractivity contribution in [1.29, 1.82) is 0 Å². The largest absolute Gasteiger partial charge is 0.460 e. The molecule has 0 saturated carbocycles. The molecule has 0 aromatic rings. The van der Waals surface area contributed by atoms with Crippen LogP contribution < -0.4 is 5.32 Å². The Labute approximate surface area is 104 Å². The molecule has 7 heteroatoms. The Bertz CT molecular complexity index is 314. The predicted molar refractivity (Wildman–Crippen MR) is 59.2 cm³/mol. The molecule has 0 heterocycles. The predicted octanol–water partition coefficient (Wildman–Crippen LogP) is 0.938. The van der Waals surface area contributed by atoms with E-state index in [1.165, 1.54) is 0 Å². The molecular formula is C10H15ClFNO4. The Balaban J connectivity index is 4.41. The fraction of sp³-hybridized carbons (Fsp3) is 0.700. The van der Waals surface area contributed by atoms with Crippen molar-refractivity contribution < 1.29 is 23.5 Å². The Hall–Kier alpha value is -1.17. The molecule has 0 aliphatic heterocycles. The van der Waals surface area contributed by atoms with E-state index in [4.69, 9.17) is 16.3 Å². The van der Waals surface area contributed by atoms with Crippen molar-refractivity contribution in [3.63, 3.8) is 0 Å². The highest BCUT2D eigenvalue weighted by Crippen LogP contribution is 2.10. The van der Waals surface area contributed by atoms with E-state index >= 15 is 0 Å². The maximum atomic E-state index is 11.9. The third kappa shape index (κ3) is 7.68. The summed E-state index contributed by atoms with van der Waals surface area (Å²) in [5.74, 6) is -1.71. The number of ether oxygens (including phenoxy) is 1. The van der Waals surface area contributed by atoms with Crippen LogP contribution in [-0.2, 0) is 19.1 Å². The molecule has 0 aromatic heterocycles. The molecule has 0 saturated heterocycles. The zero-order chi connectivity index (χ0) is 13.6. The second-order valence-electron chi connectivity index (χ2n) is 4.35. The number of amides is 1. The van der Waals surface area contributed by atoms with Crippen LogP contribution in [0.15, 0.2) is 0 Å². The van der Waals surface area contributed by atoms with Crippen LogP contribution in [-0.4, -0.2) is 35.4 Å². The number of carbonyl (C=O) groups excluding carboxylic acids is 3. The van der Waals surface area contributed by atoms with Crippen molar-refractivity contribution >= 4 is 28.7 Å². The van der Waals surface area contributed by atoms with E-state index in [1.807, 2.05) is 5.32 Å². The molecule has 0 fully saturated rings. The summed E-state index contributed by atoms with van der Waals surface area (Å²) in [7, 11) is 0. The molecule has 17 heavy (non-hydrogen) atoms. The first-order valence-corrected chi connectivity index (χ1v) is 5.30. The van der Waals surface area contributed by atoms with Crippen LogP contribution in [0.5, 0.6) is 0 Å². The van der Waals surface area contributed by atoms with Gasteiger partial charge in [-0.25, -0.2) is 4.39 Å². The highest BCUT2D eigenvalue weighted by Gasteiger charge is 2.25. The summed E-state index contributed by atoms with van der Waals surface area (Å²) in [6, 6.07) is -1.27. The number of carbonyl (C=O) groups is 3. The highest BCUT2D eigenvalue weighted by atomic mass is 35.5. The minimum Gasteiger partial charge on any atom is -0.460 e. The molecule has 0 bridgehead atoms. The van der Waals surface area contributed by atoms with Crippen LogP contribution in [0.25, 0.3) is 0 Å². The van der Waals surface area contributed by atoms with Crippen LogP contribution in [0.3, 0.4) is 0 Å². The van der Waals surface area contributed by atoms with Crippen LogP contribution in [0.4, 0.5) is 4.39 Å². The quantitative estimate of drug-likeness (QED) is 0.594. The van der Waals surface area contributed by atoms with Crippen molar-refractivity contribution in [2.24, 2.45) is 0 Å². The van der Waals surface area contributed by atoms with E-state index in [-0.39, 0.29) is 0 Å². The van der Waals surface area contributed by atoms with Crippen molar-refractivity contribution in [1.82, 2.24) is 5.32 Å². The average Bonchev–Trinajstić information content (AvgIpc) is 2.13. The average molecular weight is 268 g/mol. The summed E-state index contributed by atoms with van der Waals surface area (Å²) in [4.78, 5) is 33.0. The lowest BCUT2D eigenvalue weighted by Crippen LogP contribution is -2.42. The van der Waals surface area contributed by atoms with Gasteiger partial charge in [-0.1, -0.05) is 0 Å².